The fourth-order valence-electron chi connectivity index (χ4n) is 2.18. The van der Waals surface area contributed by atoms with Gasteiger partial charge in [-0.2, -0.15) is 0 Å². The molecule has 0 saturated carbocycles. The zero-order valence-electron chi connectivity index (χ0n) is 10.7. The van der Waals surface area contributed by atoms with Gasteiger partial charge in [-0.1, -0.05) is 22.0 Å². The van der Waals surface area contributed by atoms with E-state index in [0.29, 0.717) is 5.56 Å². The minimum absolute atomic E-state index is 0.313. The smallest absolute Gasteiger partial charge is 0.128 e. The van der Waals surface area contributed by atoms with Crippen molar-refractivity contribution in [3.63, 3.8) is 0 Å². The summed E-state index contributed by atoms with van der Waals surface area (Å²) in [6.07, 6.45) is 0. The summed E-state index contributed by atoms with van der Waals surface area (Å²) >= 11 is 3.40. The Hall–Kier alpha value is -1.26. The number of aryl methyl sites for hydroxylation is 1. The van der Waals surface area contributed by atoms with E-state index in [1.807, 2.05) is 25.1 Å². The average Bonchev–Trinajstić information content (AvgIpc) is 2.36. The molecule has 0 amide bonds. The third-order valence-electron chi connectivity index (χ3n) is 3.10. The first-order valence-corrected chi connectivity index (χ1v) is 6.70. The second-order valence-corrected chi connectivity index (χ2v) is 5.30. The molecule has 0 aliphatic heterocycles. The third kappa shape index (κ3) is 3.01. The SMILES string of the molecule is CNC(c1ccc(Br)cc1C)c1cc(F)ccc1F. The van der Waals surface area contributed by atoms with Crippen molar-refractivity contribution in [3.8, 4) is 0 Å². The van der Waals surface area contributed by atoms with Crippen LogP contribution in [0.2, 0.25) is 0 Å². The second-order valence-electron chi connectivity index (χ2n) is 4.39. The highest BCUT2D eigenvalue weighted by molar-refractivity contribution is 9.10. The van der Waals surface area contributed by atoms with E-state index in [-0.39, 0.29) is 6.04 Å². The van der Waals surface area contributed by atoms with Crippen LogP contribution >= 0.6 is 15.9 Å². The maximum atomic E-state index is 13.9. The van der Waals surface area contributed by atoms with Crippen molar-refractivity contribution >= 4 is 15.9 Å². The molecule has 0 fully saturated rings. The summed E-state index contributed by atoms with van der Waals surface area (Å²) in [5.41, 5.74) is 2.25. The molecule has 2 aromatic carbocycles. The van der Waals surface area contributed by atoms with Gasteiger partial charge in [-0.3, -0.25) is 0 Å². The lowest BCUT2D eigenvalue weighted by Crippen LogP contribution is -2.20. The lowest BCUT2D eigenvalue weighted by molar-refractivity contribution is 0.557. The topological polar surface area (TPSA) is 12.0 Å². The average molecular weight is 326 g/mol. The van der Waals surface area contributed by atoms with Crippen LogP contribution in [0.4, 0.5) is 8.78 Å². The predicted molar refractivity (Wildman–Crippen MR) is 76.1 cm³/mol. The number of rotatable bonds is 3. The maximum Gasteiger partial charge on any atom is 0.128 e. The minimum Gasteiger partial charge on any atom is -0.309 e. The molecule has 1 unspecified atom stereocenters. The molecule has 4 heteroatoms. The van der Waals surface area contributed by atoms with Crippen molar-refractivity contribution in [3.05, 3.63) is 69.2 Å². The van der Waals surface area contributed by atoms with Gasteiger partial charge in [-0.15, -0.1) is 0 Å². The highest BCUT2D eigenvalue weighted by Crippen LogP contribution is 2.28. The molecule has 0 bridgehead atoms. The molecule has 0 saturated heterocycles. The molecule has 0 radical (unpaired) electrons. The Balaban J connectivity index is 2.52. The van der Waals surface area contributed by atoms with Crippen LogP contribution in [-0.4, -0.2) is 7.05 Å². The van der Waals surface area contributed by atoms with Crippen molar-refractivity contribution < 1.29 is 8.78 Å². The summed E-state index contributed by atoms with van der Waals surface area (Å²) in [7, 11) is 1.73. The first-order chi connectivity index (χ1) is 9.02. The molecule has 1 nitrogen and oxygen atoms in total. The zero-order chi connectivity index (χ0) is 14.0. The van der Waals surface area contributed by atoms with Crippen molar-refractivity contribution in [2.24, 2.45) is 0 Å². The molecule has 19 heavy (non-hydrogen) atoms. The highest BCUT2D eigenvalue weighted by Gasteiger charge is 2.18. The Labute approximate surface area is 119 Å². The van der Waals surface area contributed by atoms with E-state index in [1.165, 1.54) is 6.07 Å². The van der Waals surface area contributed by atoms with E-state index in [1.54, 1.807) is 7.05 Å². The third-order valence-corrected chi connectivity index (χ3v) is 3.59. The van der Waals surface area contributed by atoms with Crippen molar-refractivity contribution in [1.29, 1.82) is 0 Å². The van der Waals surface area contributed by atoms with Gasteiger partial charge in [0.1, 0.15) is 11.6 Å². The monoisotopic (exact) mass is 325 g/mol. The fraction of sp³-hybridized carbons (Fsp3) is 0.200. The Kier molecular flexibility index (Phi) is 4.32. The molecule has 2 rings (SSSR count). The molecular formula is C15H14BrF2N. The van der Waals surface area contributed by atoms with Gasteiger partial charge in [0.15, 0.2) is 0 Å². The van der Waals surface area contributed by atoms with Crippen LogP contribution in [0.3, 0.4) is 0 Å². The molecular weight excluding hydrogens is 312 g/mol. The number of hydrogen-bond acceptors (Lipinski definition) is 1. The van der Waals surface area contributed by atoms with Crippen molar-refractivity contribution in [2.75, 3.05) is 7.05 Å². The van der Waals surface area contributed by atoms with E-state index in [0.717, 1.165) is 27.7 Å². The summed E-state index contributed by atoms with van der Waals surface area (Å²) < 4.78 is 28.2. The maximum absolute atomic E-state index is 13.9. The fourth-order valence-corrected chi connectivity index (χ4v) is 2.65. The standard InChI is InChI=1S/C15H14BrF2N/c1-9-7-10(16)3-5-12(9)15(19-2)13-8-11(17)4-6-14(13)18/h3-8,15,19H,1-2H3. The lowest BCUT2D eigenvalue weighted by atomic mass is 9.95. The summed E-state index contributed by atoms with van der Waals surface area (Å²) in [5, 5.41) is 3.04. The predicted octanol–water partition coefficient (Wildman–Crippen LogP) is 4.34. The molecule has 1 N–H and O–H groups in total. The molecule has 0 aliphatic carbocycles. The van der Waals surface area contributed by atoms with Crippen LogP contribution < -0.4 is 5.32 Å². The van der Waals surface area contributed by atoms with Crippen LogP contribution in [0.5, 0.6) is 0 Å². The van der Waals surface area contributed by atoms with Crippen LogP contribution in [0.25, 0.3) is 0 Å². The Morgan fingerprint density at radius 3 is 2.42 bits per heavy atom. The van der Waals surface area contributed by atoms with E-state index < -0.39 is 11.6 Å². The summed E-state index contributed by atoms with van der Waals surface area (Å²) in [5.74, 6) is -0.852. The molecule has 0 spiro atoms. The molecule has 0 heterocycles. The Morgan fingerprint density at radius 2 is 1.79 bits per heavy atom. The number of nitrogens with one attached hydrogen (secondary N) is 1. The molecule has 0 aromatic heterocycles. The van der Waals surface area contributed by atoms with Gasteiger partial charge in [0.05, 0.1) is 6.04 Å². The first kappa shape index (κ1) is 14.2. The number of benzene rings is 2. The Morgan fingerprint density at radius 1 is 1.05 bits per heavy atom. The summed E-state index contributed by atoms with van der Waals surface area (Å²) in [4.78, 5) is 0. The van der Waals surface area contributed by atoms with Crippen LogP contribution in [0.1, 0.15) is 22.7 Å². The first-order valence-electron chi connectivity index (χ1n) is 5.91. The van der Waals surface area contributed by atoms with Gasteiger partial charge >= 0.3 is 0 Å². The van der Waals surface area contributed by atoms with Gasteiger partial charge in [0.2, 0.25) is 0 Å². The van der Waals surface area contributed by atoms with Crippen LogP contribution in [0, 0.1) is 18.6 Å². The highest BCUT2D eigenvalue weighted by atomic mass is 79.9. The van der Waals surface area contributed by atoms with Gasteiger partial charge in [-0.05, 0) is 55.4 Å². The molecule has 0 aliphatic rings. The van der Waals surface area contributed by atoms with E-state index in [9.17, 15) is 8.78 Å². The Bertz CT molecular complexity index is 599. The van der Waals surface area contributed by atoms with E-state index >= 15 is 0 Å². The summed E-state index contributed by atoms with van der Waals surface area (Å²) in [6, 6.07) is 8.90. The van der Waals surface area contributed by atoms with Crippen molar-refractivity contribution in [1.82, 2.24) is 5.32 Å². The molecule has 2 aromatic rings. The molecule has 1 atom stereocenters. The minimum atomic E-state index is -0.439. The van der Waals surface area contributed by atoms with E-state index in [4.69, 9.17) is 0 Å². The van der Waals surface area contributed by atoms with Crippen molar-refractivity contribution in [2.45, 2.75) is 13.0 Å². The van der Waals surface area contributed by atoms with Gasteiger partial charge in [0, 0.05) is 10.0 Å². The van der Waals surface area contributed by atoms with E-state index in [2.05, 4.69) is 21.2 Å². The quantitative estimate of drug-likeness (QED) is 0.884. The normalized spacial score (nSPS) is 12.5. The number of halogens is 3. The summed E-state index contributed by atoms with van der Waals surface area (Å²) in [6.45, 7) is 1.95. The van der Waals surface area contributed by atoms with Gasteiger partial charge in [-0.25, -0.2) is 8.78 Å². The van der Waals surface area contributed by atoms with Gasteiger partial charge < -0.3 is 5.32 Å². The molecule has 100 valence electrons. The van der Waals surface area contributed by atoms with Gasteiger partial charge in [0.25, 0.3) is 0 Å². The lowest BCUT2D eigenvalue weighted by Gasteiger charge is -2.20. The van der Waals surface area contributed by atoms with Crippen LogP contribution in [-0.2, 0) is 0 Å². The van der Waals surface area contributed by atoms with Crippen LogP contribution in [0.15, 0.2) is 40.9 Å². The largest absolute Gasteiger partial charge is 0.309 e. The number of hydrogen-bond donors (Lipinski definition) is 1. The second kappa shape index (κ2) is 5.80. The zero-order valence-corrected chi connectivity index (χ0v) is 12.3.